The van der Waals surface area contributed by atoms with Crippen LogP contribution < -0.4 is 0 Å². The quantitative estimate of drug-likeness (QED) is 0.781. The molecule has 0 unspecified atom stereocenters. The summed E-state index contributed by atoms with van der Waals surface area (Å²) in [7, 11) is -3.17. The van der Waals surface area contributed by atoms with Crippen LogP contribution in [0.25, 0.3) is 0 Å². The molecule has 1 heterocycles. The molecule has 0 aromatic rings. The van der Waals surface area contributed by atoms with Gasteiger partial charge >= 0.3 is 0 Å². The van der Waals surface area contributed by atoms with Gasteiger partial charge in [0.15, 0.2) is 0 Å². The molecular formula is C15H28N2O3S. The van der Waals surface area contributed by atoms with Crippen molar-refractivity contribution >= 4 is 15.9 Å². The molecule has 0 aromatic carbocycles. The highest BCUT2D eigenvalue weighted by atomic mass is 32.2. The molecule has 2 aliphatic rings. The molecule has 0 spiro atoms. The number of sulfonamides is 1. The van der Waals surface area contributed by atoms with E-state index in [0.29, 0.717) is 26.2 Å². The van der Waals surface area contributed by atoms with Crippen LogP contribution in [-0.4, -0.2) is 55.0 Å². The van der Waals surface area contributed by atoms with Crippen LogP contribution in [-0.2, 0) is 14.8 Å². The number of piperazine rings is 1. The number of amides is 1. The second kappa shape index (κ2) is 6.24. The van der Waals surface area contributed by atoms with Crippen molar-refractivity contribution in [1.29, 1.82) is 0 Å². The maximum Gasteiger partial charge on any atom is 0.228 e. The molecule has 2 rings (SSSR count). The lowest BCUT2D eigenvalue weighted by Crippen LogP contribution is -2.54. The Morgan fingerprint density at radius 2 is 1.48 bits per heavy atom. The molecule has 1 amide bonds. The van der Waals surface area contributed by atoms with Gasteiger partial charge in [0.05, 0.1) is 5.25 Å². The number of carbonyl (C=O) groups is 1. The smallest absolute Gasteiger partial charge is 0.228 e. The van der Waals surface area contributed by atoms with Gasteiger partial charge in [-0.3, -0.25) is 4.79 Å². The van der Waals surface area contributed by atoms with E-state index in [1.165, 1.54) is 0 Å². The highest BCUT2D eigenvalue weighted by Crippen LogP contribution is 2.27. The van der Waals surface area contributed by atoms with Gasteiger partial charge in [-0.05, 0) is 12.8 Å². The summed E-state index contributed by atoms with van der Waals surface area (Å²) in [6, 6.07) is 0. The number of hydrogen-bond acceptors (Lipinski definition) is 3. The van der Waals surface area contributed by atoms with E-state index in [0.717, 1.165) is 32.1 Å². The zero-order valence-electron chi connectivity index (χ0n) is 13.5. The lowest BCUT2D eigenvalue weighted by atomic mass is 9.94. The Kier molecular flexibility index (Phi) is 4.98. The van der Waals surface area contributed by atoms with Crippen molar-refractivity contribution in [3.8, 4) is 0 Å². The molecule has 6 heteroatoms. The standard InChI is InChI=1S/C15H28N2O3S/c1-15(2,3)14(18)16-9-11-17(12-10-16)21(19,20)13-7-5-4-6-8-13/h13H,4-12H2,1-3H3. The summed E-state index contributed by atoms with van der Waals surface area (Å²) in [5.41, 5.74) is -0.398. The van der Waals surface area contributed by atoms with Crippen molar-refractivity contribution in [2.24, 2.45) is 5.41 Å². The second-order valence-electron chi connectivity index (χ2n) is 7.25. The van der Waals surface area contributed by atoms with E-state index in [9.17, 15) is 13.2 Å². The minimum absolute atomic E-state index is 0.109. The van der Waals surface area contributed by atoms with Crippen LogP contribution >= 0.6 is 0 Å². The second-order valence-corrected chi connectivity index (χ2v) is 9.46. The van der Waals surface area contributed by atoms with Crippen LogP contribution in [0.1, 0.15) is 52.9 Å². The van der Waals surface area contributed by atoms with Crippen LogP contribution in [0, 0.1) is 5.41 Å². The Bertz CT molecular complexity index is 468. The molecule has 1 saturated heterocycles. The topological polar surface area (TPSA) is 57.7 Å². The first-order valence-electron chi connectivity index (χ1n) is 8.01. The number of nitrogens with zero attached hydrogens (tertiary/aromatic N) is 2. The number of hydrogen-bond donors (Lipinski definition) is 0. The Balaban J connectivity index is 1.95. The Labute approximate surface area is 128 Å². The highest BCUT2D eigenvalue weighted by Gasteiger charge is 2.37. The van der Waals surface area contributed by atoms with Gasteiger partial charge in [0.25, 0.3) is 0 Å². The molecule has 0 bridgehead atoms. The van der Waals surface area contributed by atoms with Crippen LogP contribution in [0.15, 0.2) is 0 Å². The van der Waals surface area contributed by atoms with E-state index in [1.54, 1.807) is 9.21 Å². The number of rotatable bonds is 2. The van der Waals surface area contributed by atoms with E-state index in [1.807, 2.05) is 20.8 Å². The molecule has 21 heavy (non-hydrogen) atoms. The molecule has 0 aromatic heterocycles. The monoisotopic (exact) mass is 316 g/mol. The van der Waals surface area contributed by atoms with Gasteiger partial charge in [-0.15, -0.1) is 0 Å². The van der Waals surface area contributed by atoms with Crippen molar-refractivity contribution in [1.82, 2.24) is 9.21 Å². The highest BCUT2D eigenvalue weighted by molar-refractivity contribution is 7.89. The van der Waals surface area contributed by atoms with Gasteiger partial charge in [0.1, 0.15) is 0 Å². The average Bonchev–Trinajstić information content (AvgIpc) is 2.46. The summed E-state index contributed by atoms with van der Waals surface area (Å²) in [5, 5.41) is -0.198. The number of carbonyl (C=O) groups excluding carboxylic acids is 1. The largest absolute Gasteiger partial charge is 0.340 e. The van der Waals surface area contributed by atoms with Crippen molar-refractivity contribution in [2.45, 2.75) is 58.1 Å². The normalized spacial score (nSPS) is 23.3. The maximum atomic E-state index is 12.6. The van der Waals surface area contributed by atoms with Crippen LogP contribution in [0.4, 0.5) is 0 Å². The first kappa shape index (κ1) is 16.7. The summed E-state index contributed by atoms with van der Waals surface area (Å²) in [6.07, 6.45) is 4.78. The molecule has 122 valence electrons. The summed E-state index contributed by atoms with van der Waals surface area (Å²) >= 11 is 0. The predicted octanol–water partition coefficient (Wildman–Crippen LogP) is 1.84. The Hall–Kier alpha value is -0.620. The van der Waals surface area contributed by atoms with Gasteiger partial charge in [-0.25, -0.2) is 8.42 Å². The third-order valence-electron chi connectivity index (χ3n) is 4.50. The van der Waals surface area contributed by atoms with Gasteiger partial charge < -0.3 is 4.90 Å². The zero-order valence-corrected chi connectivity index (χ0v) is 14.3. The fourth-order valence-electron chi connectivity index (χ4n) is 3.19. The molecule has 1 aliphatic carbocycles. The molecule has 5 nitrogen and oxygen atoms in total. The average molecular weight is 316 g/mol. The van der Waals surface area contributed by atoms with Gasteiger partial charge in [0, 0.05) is 31.6 Å². The minimum atomic E-state index is -3.17. The molecule has 1 saturated carbocycles. The Morgan fingerprint density at radius 3 is 1.95 bits per heavy atom. The van der Waals surface area contributed by atoms with Crippen LogP contribution in [0.2, 0.25) is 0 Å². The van der Waals surface area contributed by atoms with E-state index < -0.39 is 15.4 Å². The first-order chi connectivity index (χ1) is 9.73. The fourth-order valence-corrected chi connectivity index (χ4v) is 5.22. The Morgan fingerprint density at radius 1 is 0.952 bits per heavy atom. The van der Waals surface area contributed by atoms with Crippen molar-refractivity contribution in [3.63, 3.8) is 0 Å². The summed E-state index contributed by atoms with van der Waals surface area (Å²) in [5.74, 6) is 0.109. The molecular weight excluding hydrogens is 288 g/mol. The SMILES string of the molecule is CC(C)(C)C(=O)N1CCN(S(=O)(=O)C2CCCCC2)CC1. The third kappa shape index (κ3) is 3.77. The summed E-state index contributed by atoms with van der Waals surface area (Å²) < 4.78 is 26.9. The van der Waals surface area contributed by atoms with E-state index in [4.69, 9.17) is 0 Å². The van der Waals surface area contributed by atoms with Crippen LogP contribution in [0.3, 0.4) is 0 Å². The van der Waals surface area contributed by atoms with Gasteiger partial charge in [0.2, 0.25) is 15.9 Å². The minimum Gasteiger partial charge on any atom is -0.340 e. The van der Waals surface area contributed by atoms with Crippen molar-refractivity contribution < 1.29 is 13.2 Å². The lowest BCUT2D eigenvalue weighted by Gasteiger charge is -2.38. The third-order valence-corrected chi connectivity index (χ3v) is 6.90. The fraction of sp³-hybridized carbons (Fsp3) is 0.933. The predicted molar refractivity (Wildman–Crippen MR) is 83.4 cm³/mol. The van der Waals surface area contributed by atoms with E-state index in [-0.39, 0.29) is 11.2 Å². The molecule has 0 N–H and O–H groups in total. The summed E-state index contributed by atoms with van der Waals surface area (Å²) in [4.78, 5) is 14.0. The van der Waals surface area contributed by atoms with E-state index in [2.05, 4.69) is 0 Å². The van der Waals surface area contributed by atoms with Gasteiger partial charge in [-0.1, -0.05) is 40.0 Å². The molecule has 1 aliphatic heterocycles. The molecule has 0 atom stereocenters. The van der Waals surface area contributed by atoms with Crippen molar-refractivity contribution in [2.75, 3.05) is 26.2 Å². The molecule has 0 radical (unpaired) electrons. The van der Waals surface area contributed by atoms with Gasteiger partial charge in [-0.2, -0.15) is 4.31 Å². The summed E-state index contributed by atoms with van der Waals surface area (Å²) in [6.45, 7) is 7.63. The molecule has 2 fully saturated rings. The lowest BCUT2D eigenvalue weighted by molar-refractivity contribution is -0.140. The zero-order chi connectivity index (χ0) is 15.7. The van der Waals surface area contributed by atoms with E-state index >= 15 is 0 Å². The maximum absolute atomic E-state index is 12.6. The van der Waals surface area contributed by atoms with Crippen molar-refractivity contribution in [3.05, 3.63) is 0 Å². The first-order valence-corrected chi connectivity index (χ1v) is 9.51. The van der Waals surface area contributed by atoms with Crippen LogP contribution in [0.5, 0.6) is 0 Å².